The smallest absolute Gasteiger partial charge is 0.270 e. The SMILES string of the molecule is Cc1cn[nH]c1C(=O)NC(C)(C)C#N. The van der Waals surface area contributed by atoms with Crippen LogP contribution in [-0.2, 0) is 0 Å². The molecule has 14 heavy (non-hydrogen) atoms. The maximum Gasteiger partial charge on any atom is 0.270 e. The Kier molecular flexibility index (Phi) is 2.56. The van der Waals surface area contributed by atoms with E-state index in [-0.39, 0.29) is 5.91 Å². The predicted octanol–water partition coefficient (Wildman–Crippen LogP) is 0.750. The second kappa shape index (κ2) is 3.50. The summed E-state index contributed by atoms with van der Waals surface area (Å²) in [5.74, 6) is -0.313. The lowest BCUT2D eigenvalue weighted by Gasteiger charge is -2.16. The van der Waals surface area contributed by atoms with Gasteiger partial charge in [0.25, 0.3) is 5.91 Å². The van der Waals surface area contributed by atoms with Crippen molar-refractivity contribution in [1.82, 2.24) is 15.5 Å². The minimum atomic E-state index is -0.866. The molecular weight excluding hydrogens is 180 g/mol. The van der Waals surface area contributed by atoms with Crippen LogP contribution in [-0.4, -0.2) is 21.6 Å². The number of nitrogens with zero attached hydrogens (tertiary/aromatic N) is 2. The Labute approximate surface area is 82.1 Å². The van der Waals surface area contributed by atoms with Crippen molar-refractivity contribution in [3.05, 3.63) is 17.5 Å². The molecule has 0 bridgehead atoms. The van der Waals surface area contributed by atoms with Crippen LogP contribution in [0.25, 0.3) is 0 Å². The number of hydrogen-bond acceptors (Lipinski definition) is 3. The van der Waals surface area contributed by atoms with E-state index in [4.69, 9.17) is 5.26 Å². The van der Waals surface area contributed by atoms with Crippen LogP contribution in [0.5, 0.6) is 0 Å². The van der Waals surface area contributed by atoms with E-state index in [0.29, 0.717) is 5.69 Å². The fourth-order valence-corrected chi connectivity index (χ4v) is 0.951. The summed E-state index contributed by atoms with van der Waals surface area (Å²) in [5, 5.41) is 17.6. The third-order valence-corrected chi connectivity index (χ3v) is 1.76. The zero-order chi connectivity index (χ0) is 10.8. The normalized spacial score (nSPS) is 10.7. The Morgan fingerprint density at radius 3 is 2.79 bits per heavy atom. The maximum absolute atomic E-state index is 11.6. The Morgan fingerprint density at radius 2 is 2.36 bits per heavy atom. The van der Waals surface area contributed by atoms with Crippen LogP contribution in [0.2, 0.25) is 0 Å². The van der Waals surface area contributed by atoms with E-state index in [1.54, 1.807) is 27.0 Å². The van der Waals surface area contributed by atoms with E-state index in [1.165, 1.54) is 0 Å². The van der Waals surface area contributed by atoms with Gasteiger partial charge < -0.3 is 5.32 Å². The summed E-state index contributed by atoms with van der Waals surface area (Å²) >= 11 is 0. The number of H-pyrrole nitrogens is 1. The van der Waals surface area contributed by atoms with Crippen LogP contribution in [0.15, 0.2) is 6.20 Å². The number of carbonyl (C=O) groups excluding carboxylic acids is 1. The molecule has 0 aromatic carbocycles. The van der Waals surface area contributed by atoms with Crippen LogP contribution in [0.1, 0.15) is 29.9 Å². The number of aromatic amines is 1. The van der Waals surface area contributed by atoms with Crippen molar-refractivity contribution in [3.8, 4) is 6.07 Å². The Morgan fingerprint density at radius 1 is 1.71 bits per heavy atom. The van der Waals surface area contributed by atoms with Gasteiger partial charge >= 0.3 is 0 Å². The molecule has 5 nitrogen and oxygen atoms in total. The fourth-order valence-electron chi connectivity index (χ4n) is 0.951. The number of rotatable bonds is 2. The molecule has 2 N–H and O–H groups in total. The summed E-state index contributed by atoms with van der Waals surface area (Å²) in [7, 11) is 0. The first kappa shape index (κ1) is 10.3. The lowest BCUT2D eigenvalue weighted by Crippen LogP contribution is -2.42. The largest absolute Gasteiger partial charge is 0.333 e. The van der Waals surface area contributed by atoms with Crippen molar-refractivity contribution in [3.63, 3.8) is 0 Å². The van der Waals surface area contributed by atoms with Crippen LogP contribution < -0.4 is 5.32 Å². The van der Waals surface area contributed by atoms with Gasteiger partial charge in [-0.15, -0.1) is 0 Å². The molecule has 0 spiro atoms. The highest BCUT2D eigenvalue weighted by Crippen LogP contribution is 2.05. The van der Waals surface area contributed by atoms with E-state index >= 15 is 0 Å². The lowest BCUT2D eigenvalue weighted by atomic mass is 10.1. The molecular formula is C9H12N4O. The molecule has 0 saturated heterocycles. The Bertz CT molecular complexity index is 386. The van der Waals surface area contributed by atoms with Gasteiger partial charge in [-0.2, -0.15) is 10.4 Å². The molecule has 1 aromatic heterocycles. The number of aryl methyl sites for hydroxylation is 1. The van der Waals surface area contributed by atoms with E-state index in [9.17, 15) is 4.79 Å². The van der Waals surface area contributed by atoms with Crippen molar-refractivity contribution in [1.29, 1.82) is 5.26 Å². The predicted molar refractivity (Wildman–Crippen MR) is 50.5 cm³/mol. The summed E-state index contributed by atoms with van der Waals surface area (Å²) in [4.78, 5) is 11.6. The van der Waals surface area contributed by atoms with Gasteiger partial charge in [-0.3, -0.25) is 9.89 Å². The topological polar surface area (TPSA) is 81.6 Å². The highest BCUT2D eigenvalue weighted by atomic mass is 16.2. The average Bonchev–Trinajstić information content (AvgIpc) is 2.51. The van der Waals surface area contributed by atoms with Gasteiger partial charge in [-0.05, 0) is 26.3 Å². The van der Waals surface area contributed by atoms with Crippen molar-refractivity contribution in [2.24, 2.45) is 0 Å². The minimum Gasteiger partial charge on any atom is -0.333 e. The first-order chi connectivity index (χ1) is 6.46. The van der Waals surface area contributed by atoms with Crippen LogP contribution in [0, 0.1) is 18.3 Å². The van der Waals surface area contributed by atoms with Gasteiger partial charge in [0.05, 0.1) is 12.3 Å². The van der Waals surface area contributed by atoms with E-state index < -0.39 is 5.54 Å². The Hall–Kier alpha value is -1.83. The zero-order valence-corrected chi connectivity index (χ0v) is 8.38. The van der Waals surface area contributed by atoms with Gasteiger partial charge in [0.2, 0.25) is 0 Å². The summed E-state index contributed by atoms with van der Waals surface area (Å²) in [6.07, 6.45) is 1.56. The number of nitriles is 1. The van der Waals surface area contributed by atoms with Gasteiger partial charge in [-0.1, -0.05) is 0 Å². The number of nitrogens with one attached hydrogen (secondary N) is 2. The number of amides is 1. The third kappa shape index (κ3) is 2.10. The first-order valence-corrected chi connectivity index (χ1v) is 4.20. The number of aromatic nitrogens is 2. The zero-order valence-electron chi connectivity index (χ0n) is 8.38. The maximum atomic E-state index is 11.6. The minimum absolute atomic E-state index is 0.313. The number of hydrogen-bond donors (Lipinski definition) is 2. The van der Waals surface area contributed by atoms with Crippen molar-refractivity contribution in [2.45, 2.75) is 26.3 Å². The van der Waals surface area contributed by atoms with Crippen LogP contribution in [0.4, 0.5) is 0 Å². The Balaban J connectivity index is 2.80. The van der Waals surface area contributed by atoms with E-state index in [1.807, 2.05) is 6.07 Å². The molecule has 1 amide bonds. The third-order valence-electron chi connectivity index (χ3n) is 1.76. The number of carbonyl (C=O) groups is 1. The summed E-state index contributed by atoms with van der Waals surface area (Å²) < 4.78 is 0. The van der Waals surface area contributed by atoms with E-state index in [2.05, 4.69) is 15.5 Å². The molecule has 0 aliphatic carbocycles. The molecule has 0 fully saturated rings. The first-order valence-electron chi connectivity index (χ1n) is 4.20. The van der Waals surface area contributed by atoms with Crippen molar-refractivity contribution < 1.29 is 4.79 Å². The van der Waals surface area contributed by atoms with Gasteiger partial charge in [0.1, 0.15) is 11.2 Å². The van der Waals surface area contributed by atoms with Gasteiger partial charge in [-0.25, -0.2) is 0 Å². The monoisotopic (exact) mass is 192 g/mol. The van der Waals surface area contributed by atoms with E-state index in [0.717, 1.165) is 5.56 Å². The molecule has 1 aromatic rings. The van der Waals surface area contributed by atoms with Crippen LogP contribution in [0.3, 0.4) is 0 Å². The fraction of sp³-hybridized carbons (Fsp3) is 0.444. The molecule has 1 rings (SSSR count). The van der Waals surface area contributed by atoms with Crippen LogP contribution >= 0.6 is 0 Å². The molecule has 5 heteroatoms. The van der Waals surface area contributed by atoms with Gasteiger partial charge in [0.15, 0.2) is 0 Å². The lowest BCUT2D eigenvalue weighted by molar-refractivity contribution is 0.0923. The van der Waals surface area contributed by atoms with Crippen molar-refractivity contribution in [2.75, 3.05) is 0 Å². The van der Waals surface area contributed by atoms with Gasteiger partial charge in [0, 0.05) is 0 Å². The molecule has 0 atom stereocenters. The molecule has 0 unspecified atom stereocenters. The molecule has 0 saturated carbocycles. The molecule has 74 valence electrons. The summed E-state index contributed by atoms with van der Waals surface area (Å²) in [5.41, 5.74) is 0.291. The highest BCUT2D eigenvalue weighted by molar-refractivity contribution is 5.94. The quantitative estimate of drug-likeness (QED) is 0.725. The standard InChI is InChI=1S/C9H12N4O/c1-6-4-11-13-7(6)8(14)12-9(2,3)5-10/h4H,1-3H3,(H,11,13)(H,12,14). The molecule has 1 heterocycles. The summed E-state index contributed by atoms with van der Waals surface area (Å²) in [6.45, 7) is 5.05. The van der Waals surface area contributed by atoms with Crippen molar-refractivity contribution >= 4 is 5.91 Å². The summed E-state index contributed by atoms with van der Waals surface area (Å²) in [6, 6.07) is 1.99. The second-order valence-electron chi connectivity index (χ2n) is 3.62. The molecule has 0 radical (unpaired) electrons. The molecule has 0 aliphatic rings. The molecule has 0 aliphatic heterocycles. The highest BCUT2D eigenvalue weighted by Gasteiger charge is 2.21. The second-order valence-corrected chi connectivity index (χ2v) is 3.62. The average molecular weight is 192 g/mol.